The van der Waals surface area contributed by atoms with Gasteiger partial charge in [-0.25, -0.2) is 0 Å². The van der Waals surface area contributed by atoms with Crippen LogP contribution in [0.3, 0.4) is 0 Å². The lowest BCUT2D eigenvalue weighted by Crippen LogP contribution is -2.38. The zero-order valence-corrected chi connectivity index (χ0v) is 11.0. The number of hydrogen-bond donors (Lipinski definition) is 0. The lowest BCUT2D eigenvalue weighted by molar-refractivity contribution is -0.144. The van der Waals surface area contributed by atoms with Gasteiger partial charge in [0, 0.05) is 5.92 Å². The Morgan fingerprint density at radius 2 is 2.18 bits per heavy atom. The molecule has 0 N–H and O–H groups in total. The van der Waals surface area contributed by atoms with Crippen LogP contribution < -0.4 is 0 Å². The largest absolute Gasteiger partial charge is 0.461 e. The fraction of sp³-hybridized carbons (Fsp3) is 0.800. The van der Waals surface area contributed by atoms with Gasteiger partial charge in [0.2, 0.25) is 0 Å². The third-order valence-electron chi connectivity index (χ3n) is 5.26. The van der Waals surface area contributed by atoms with Crippen molar-refractivity contribution in [2.45, 2.75) is 52.6 Å². The highest BCUT2D eigenvalue weighted by molar-refractivity contribution is 5.75. The second-order valence-electron chi connectivity index (χ2n) is 6.52. The maximum atomic E-state index is 11.7. The van der Waals surface area contributed by atoms with E-state index in [0.29, 0.717) is 17.3 Å². The van der Waals surface area contributed by atoms with E-state index in [1.54, 1.807) is 5.57 Å². The van der Waals surface area contributed by atoms with E-state index in [4.69, 9.17) is 4.74 Å². The summed E-state index contributed by atoms with van der Waals surface area (Å²) < 4.78 is 5.54. The molecule has 0 aromatic heterocycles. The molecule has 3 rings (SSSR count). The molecule has 17 heavy (non-hydrogen) atoms. The topological polar surface area (TPSA) is 26.3 Å². The summed E-state index contributed by atoms with van der Waals surface area (Å²) in [6, 6.07) is 0. The quantitative estimate of drug-likeness (QED) is 0.475. The fourth-order valence-electron chi connectivity index (χ4n) is 4.17. The molecule has 0 aromatic rings. The van der Waals surface area contributed by atoms with Gasteiger partial charge in [-0.3, -0.25) is 4.79 Å². The first kappa shape index (κ1) is 11.3. The number of esters is 1. The molecular formula is C15H22O2. The molecule has 0 bridgehead atoms. The highest BCUT2D eigenvalue weighted by Crippen LogP contribution is 2.53. The lowest BCUT2D eigenvalue weighted by Gasteiger charge is -2.45. The van der Waals surface area contributed by atoms with Crippen molar-refractivity contribution < 1.29 is 9.53 Å². The van der Waals surface area contributed by atoms with Crippen molar-refractivity contribution in [2.24, 2.45) is 23.2 Å². The average molecular weight is 234 g/mol. The van der Waals surface area contributed by atoms with E-state index in [9.17, 15) is 4.79 Å². The number of hydrogen-bond acceptors (Lipinski definition) is 2. The van der Waals surface area contributed by atoms with E-state index >= 15 is 0 Å². The first-order chi connectivity index (χ1) is 8.01. The summed E-state index contributed by atoms with van der Waals surface area (Å²) in [5, 5.41) is 0. The van der Waals surface area contributed by atoms with Crippen LogP contribution in [-0.4, -0.2) is 12.1 Å². The van der Waals surface area contributed by atoms with Gasteiger partial charge in [-0.15, -0.1) is 0 Å². The van der Waals surface area contributed by atoms with Crippen molar-refractivity contribution in [1.82, 2.24) is 0 Å². The van der Waals surface area contributed by atoms with Gasteiger partial charge in [0.05, 0.1) is 5.92 Å². The van der Waals surface area contributed by atoms with Crippen LogP contribution in [0, 0.1) is 23.2 Å². The van der Waals surface area contributed by atoms with Crippen LogP contribution in [0.25, 0.3) is 0 Å². The summed E-state index contributed by atoms with van der Waals surface area (Å²) in [6.45, 7) is 6.72. The van der Waals surface area contributed by atoms with Gasteiger partial charge < -0.3 is 4.74 Å². The smallest absolute Gasteiger partial charge is 0.309 e. The number of allylic oxidation sites excluding steroid dienone is 1. The van der Waals surface area contributed by atoms with Crippen LogP contribution in [0.4, 0.5) is 0 Å². The lowest BCUT2D eigenvalue weighted by atomic mass is 9.60. The zero-order chi connectivity index (χ0) is 12.2. The molecule has 1 aliphatic heterocycles. The van der Waals surface area contributed by atoms with E-state index in [0.717, 1.165) is 6.42 Å². The third-order valence-corrected chi connectivity index (χ3v) is 5.26. The Morgan fingerprint density at radius 3 is 2.94 bits per heavy atom. The Kier molecular flexibility index (Phi) is 2.39. The van der Waals surface area contributed by atoms with Crippen LogP contribution in [0.15, 0.2) is 11.6 Å². The molecule has 1 saturated carbocycles. The minimum atomic E-state index is 0.00625. The van der Waals surface area contributed by atoms with Crippen LogP contribution in [0.1, 0.15) is 46.5 Å². The summed E-state index contributed by atoms with van der Waals surface area (Å²) in [7, 11) is 0. The Hall–Kier alpha value is -0.790. The summed E-state index contributed by atoms with van der Waals surface area (Å²) in [5.41, 5.74) is 1.90. The first-order valence-corrected chi connectivity index (χ1v) is 6.94. The molecule has 2 fully saturated rings. The molecule has 0 spiro atoms. The van der Waals surface area contributed by atoms with Crippen LogP contribution >= 0.6 is 0 Å². The third kappa shape index (κ3) is 1.56. The Balaban J connectivity index is 1.98. The normalized spacial score (nSPS) is 49.1. The Morgan fingerprint density at radius 1 is 1.41 bits per heavy atom. The first-order valence-electron chi connectivity index (χ1n) is 6.94. The van der Waals surface area contributed by atoms with Gasteiger partial charge in [0.25, 0.3) is 0 Å². The molecule has 0 aromatic carbocycles. The molecule has 3 aliphatic rings. The van der Waals surface area contributed by atoms with Crippen molar-refractivity contribution in [3.63, 3.8) is 0 Å². The van der Waals surface area contributed by atoms with Crippen LogP contribution in [0.5, 0.6) is 0 Å². The number of ether oxygens (including phenoxy) is 1. The highest BCUT2D eigenvalue weighted by Gasteiger charge is 2.50. The van der Waals surface area contributed by atoms with Crippen molar-refractivity contribution in [3.8, 4) is 0 Å². The van der Waals surface area contributed by atoms with E-state index < -0.39 is 0 Å². The molecule has 2 heteroatoms. The summed E-state index contributed by atoms with van der Waals surface area (Å²) in [4.78, 5) is 11.7. The van der Waals surface area contributed by atoms with Crippen molar-refractivity contribution in [3.05, 3.63) is 11.6 Å². The highest BCUT2D eigenvalue weighted by atomic mass is 16.6. The van der Waals surface area contributed by atoms with Gasteiger partial charge in [-0.1, -0.05) is 38.8 Å². The number of rotatable bonds is 0. The van der Waals surface area contributed by atoms with Gasteiger partial charge in [0.15, 0.2) is 0 Å². The predicted octanol–water partition coefficient (Wildman–Crippen LogP) is 3.32. The molecule has 2 unspecified atom stereocenters. The average Bonchev–Trinajstić information content (AvgIpc) is 2.52. The summed E-state index contributed by atoms with van der Waals surface area (Å²) in [6.07, 6.45) is 7.48. The molecule has 1 saturated heterocycles. The number of fused-ring (bicyclic) bond motifs is 2. The van der Waals surface area contributed by atoms with E-state index in [1.165, 1.54) is 19.3 Å². The Bertz CT molecular complexity index is 384. The van der Waals surface area contributed by atoms with E-state index in [1.807, 2.05) is 6.92 Å². The molecule has 5 atom stereocenters. The van der Waals surface area contributed by atoms with Crippen molar-refractivity contribution in [2.75, 3.05) is 0 Å². The minimum absolute atomic E-state index is 0.00625. The zero-order valence-electron chi connectivity index (χ0n) is 11.0. The summed E-state index contributed by atoms with van der Waals surface area (Å²) in [5.74, 6) is 1.10. The maximum absolute atomic E-state index is 11.7. The van der Waals surface area contributed by atoms with Crippen LogP contribution in [0.2, 0.25) is 0 Å². The molecule has 0 amide bonds. The minimum Gasteiger partial charge on any atom is -0.461 e. The molecular weight excluding hydrogens is 212 g/mol. The van der Waals surface area contributed by atoms with Gasteiger partial charge in [-0.2, -0.15) is 0 Å². The number of carbonyl (C=O) groups is 1. The maximum Gasteiger partial charge on any atom is 0.309 e. The van der Waals surface area contributed by atoms with E-state index in [2.05, 4.69) is 19.9 Å². The standard InChI is InChI=1S/C15H22O2/c1-9-5-4-6-15(3)8-13-11(7-12(9)15)10(2)14(16)17-13/h7,9-11,13H,4-6,8H2,1-3H3/t9-,10-,11?,13?,15+/m0/s1. The molecule has 0 radical (unpaired) electrons. The molecule has 94 valence electrons. The van der Waals surface area contributed by atoms with Crippen molar-refractivity contribution in [1.29, 1.82) is 0 Å². The second-order valence-corrected chi connectivity index (χ2v) is 6.52. The molecule has 2 aliphatic carbocycles. The van der Waals surface area contributed by atoms with Gasteiger partial charge in [-0.05, 0) is 30.6 Å². The predicted molar refractivity (Wildman–Crippen MR) is 66.4 cm³/mol. The fourth-order valence-corrected chi connectivity index (χ4v) is 4.17. The molecule has 2 nitrogen and oxygen atoms in total. The second kappa shape index (κ2) is 3.60. The molecule has 1 heterocycles. The van der Waals surface area contributed by atoms with Crippen LogP contribution in [-0.2, 0) is 9.53 Å². The SMILES string of the molecule is C[C@@H]1C(=O)OC2C[C@@]3(C)CCC[C@H](C)C3=CC21. The Labute approximate surface area is 103 Å². The van der Waals surface area contributed by atoms with Gasteiger partial charge >= 0.3 is 5.97 Å². The van der Waals surface area contributed by atoms with Crippen molar-refractivity contribution >= 4 is 5.97 Å². The summed E-state index contributed by atoms with van der Waals surface area (Å²) >= 11 is 0. The van der Waals surface area contributed by atoms with E-state index in [-0.39, 0.29) is 18.0 Å². The number of carbonyl (C=O) groups excluding carboxylic acids is 1. The van der Waals surface area contributed by atoms with Gasteiger partial charge in [0.1, 0.15) is 6.10 Å². The monoisotopic (exact) mass is 234 g/mol.